The first-order chi connectivity index (χ1) is 9.20. The van der Waals surface area contributed by atoms with Gasteiger partial charge in [0.25, 0.3) is 0 Å². The van der Waals surface area contributed by atoms with Crippen molar-refractivity contribution in [1.29, 1.82) is 0 Å². The predicted octanol–water partition coefficient (Wildman–Crippen LogP) is 3.56. The summed E-state index contributed by atoms with van der Waals surface area (Å²) < 4.78 is 6.59. The lowest BCUT2D eigenvalue weighted by Crippen LogP contribution is -2.05. The number of aromatic nitrogens is 3. The minimum atomic E-state index is 0.536. The Kier molecular flexibility index (Phi) is 4.68. The smallest absolute Gasteiger partial charge is 0.227 e. The van der Waals surface area contributed by atoms with Gasteiger partial charge < -0.3 is 10.1 Å². The number of hydrogen-bond donors (Lipinski definition) is 1. The summed E-state index contributed by atoms with van der Waals surface area (Å²) in [5.74, 6) is 1.97. The molecule has 0 amide bonds. The van der Waals surface area contributed by atoms with Crippen LogP contribution in [0.3, 0.4) is 0 Å². The summed E-state index contributed by atoms with van der Waals surface area (Å²) >= 11 is 3.36. The van der Waals surface area contributed by atoms with Crippen molar-refractivity contribution >= 4 is 21.7 Å². The van der Waals surface area contributed by atoms with Crippen molar-refractivity contribution in [2.45, 2.75) is 20.3 Å². The Hall–Kier alpha value is -1.69. The molecular weight excluding hydrogens is 308 g/mol. The quantitative estimate of drug-likeness (QED) is 0.912. The van der Waals surface area contributed by atoms with Gasteiger partial charge in [-0.15, -0.1) is 0 Å². The summed E-state index contributed by atoms with van der Waals surface area (Å²) in [6.07, 6.45) is 5.88. The van der Waals surface area contributed by atoms with Gasteiger partial charge >= 0.3 is 0 Å². The van der Waals surface area contributed by atoms with Crippen LogP contribution in [-0.2, 0) is 0 Å². The molecule has 0 spiro atoms. The first-order valence-electron chi connectivity index (χ1n) is 6.04. The standard InChI is InChI=1S/C13H15BrN4O/c1-3-4-16-12-9(2)13(18-8-17-12)19-11-5-10(14)6-15-7-11/h5-8H,3-4H2,1-2H3,(H,16,17,18). The highest BCUT2D eigenvalue weighted by Crippen LogP contribution is 2.26. The molecule has 2 aromatic rings. The van der Waals surface area contributed by atoms with Gasteiger partial charge in [0.05, 0.1) is 11.8 Å². The lowest BCUT2D eigenvalue weighted by Gasteiger charge is -2.11. The minimum Gasteiger partial charge on any atom is -0.437 e. The van der Waals surface area contributed by atoms with E-state index in [9.17, 15) is 0 Å². The zero-order valence-electron chi connectivity index (χ0n) is 10.9. The number of pyridine rings is 1. The number of hydrogen-bond acceptors (Lipinski definition) is 5. The number of anilines is 1. The molecule has 0 atom stereocenters. The zero-order chi connectivity index (χ0) is 13.7. The maximum absolute atomic E-state index is 5.73. The lowest BCUT2D eigenvalue weighted by molar-refractivity contribution is 0.455. The third-order valence-corrected chi connectivity index (χ3v) is 2.91. The Balaban J connectivity index is 2.20. The fraction of sp³-hybridized carbons (Fsp3) is 0.308. The molecule has 100 valence electrons. The van der Waals surface area contributed by atoms with Gasteiger partial charge in [0.2, 0.25) is 5.88 Å². The highest BCUT2D eigenvalue weighted by Gasteiger charge is 2.09. The molecule has 6 heteroatoms. The molecule has 0 radical (unpaired) electrons. The summed E-state index contributed by atoms with van der Waals surface area (Å²) in [5, 5.41) is 3.24. The topological polar surface area (TPSA) is 59.9 Å². The summed E-state index contributed by atoms with van der Waals surface area (Å²) in [5.41, 5.74) is 0.885. The molecule has 1 N–H and O–H groups in total. The van der Waals surface area contributed by atoms with Crippen LogP contribution >= 0.6 is 15.9 Å². The zero-order valence-corrected chi connectivity index (χ0v) is 12.4. The molecule has 0 fully saturated rings. The van der Waals surface area contributed by atoms with Crippen molar-refractivity contribution in [1.82, 2.24) is 15.0 Å². The van der Waals surface area contributed by atoms with Gasteiger partial charge in [0, 0.05) is 17.2 Å². The van der Waals surface area contributed by atoms with Crippen LogP contribution in [0.1, 0.15) is 18.9 Å². The second kappa shape index (κ2) is 6.47. The van der Waals surface area contributed by atoms with Crippen molar-refractivity contribution in [3.8, 4) is 11.6 Å². The molecule has 5 nitrogen and oxygen atoms in total. The predicted molar refractivity (Wildman–Crippen MR) is 77.6 cm³/mol. The summed E-state index contributed by atoms with van der Waals surface area (Å²) in [6.45, 7) is 4.91. The van der Waals surface area contributed by atoms with Gasteiger partial charge in [-0.3, -0.25) is 4.98 Å². The van der Waals surface area contributed by atoms with Gasteiger partial charge in [0.15, 0.2) is 0 Å². The molecule has 0 aliphatic carbocycles. The second-order valence-corrected chi connectivity index (χ2v) is 4.94. The van der Waals surface area contributed by atoms with Crippen LogP contribution in [0.4, 0.5) is 5.82 Å². The maximum Gasteiger partial charge on any atom is 0.227 e. The summed E-state index contributed by atoms with van der Waals surface area (Å²) in [6, 6.07) is 1.84. The Morgan fingerprint density at radius 3 is 2.89 bits per heavy atom. The number of ether oxygens (including phenoxy) is 1. The molecule has 0 saturated heterocycles. The molecule has 2 heterocycles. The highest BCUT2D eigenvalue weighted by molar-refractivity contribution is 9.10. The normalized spacial score (nSPS) is 10.3. The molecule has 0 aliphatic rings. The number of nitrogens with zero attached hydrogens (tertiary/aromatic N) is 3. The van der Waals surface area contributed by atoms with Gasteiger partial charge in [-0.2, -0.15) is 0 Å². The van der Waals surface area contributed by atoms with Crippen LogP contribution in [0.2, 0.25) is 0 Å². The largest absolute Gasteiger partial charge is 0.437 e. The maximum atomic E-state index is 5.73. The van der Waals surface area contributed by atoms with E-state index in [1.165, 1.54) is 6.33 Å². The molecule has 0 bridgehead atoms. The molecular formula is C13H15BrN4O. The summed E-state index contributed by atoms with van der Waals surface area (Å²) in [7, 11) is 0. The third-order valence-electron chi connectivity index (χ3n) is 2.47. The molecule has 0 aromatic carbocycles. The van der Waals surface area contributed by atoms with Crippen LogP contribution < -0.4 is 10.1 Å². The van der Waals surface area contributed by atoms with Gasteiger partial charge in [-0.05, 0) is 35.3 Å². The van der Waals surface area contributed by atoms with E-state index in [1.54, 1.807) is 12.4 Å². The van der Waals surface area contributed by atoms with Crippen molar-refractivity contribution in [3.05, 3.63) is 34.8 Å². The monoisotopic (exact) mass is 322 g/mol. The molecule has 2 rings (SSSR count). The Morgan fingerprint density at radius 1 is 1.32 bits per heavy atom. The van der Waals surface area contributed by atoms with Crippen LogP contribution in [0.5, 0.6) is 11.6 Å². The first kappa shape index (κ1) is 13.7. The number of rotatable bonds is 5. The van der Waals surface area contributed by atoms with E-state index < -0.39 is 0 Å². The SMILES string of the molecule is CCCNc1ncnc(Oc2cncc(Br)c2)c1C. The van der Waals surface area contributed by atoms with Gasteiger partial charge in [-0.1, -0.05) is 6.92 Å². The fourth-order valence-corrected chi connectivity index (χ4v) is 1.86. The number of halogens is 1. The summed E-state index contributed by atoms with van der Waals surface area (Å²) in [4.78, 5) is 12.4. The van der Waals surface area contributed by atoms with E-state index in [4.69, 9.17) is 4.74 Å². The third kappa shape index (κ3) is 3.64. The van der Waals surface area contributed by atoms with Crippen LogP contribution in [0.25, 0.3) is 0 Å². The van der Waals surface area contributed by atoms with E-state index in [0.29, 0.717) is 11.6 Å². The van der Waals surface area contributed by atoms with E-state index in [2.05, 4.69) is 43.1 Å². The van der Waals surface area contributed by atoms with E-state index in [0.717, 1.165) is 28.8 Å². The van der Waals surface area contributed by atoms with E-state index >= 15 is 0 Å². The average Bonchev–Trinajstić information content (AvgIpc) is 2.40. The van der Waals surface area contributed by atoms with Crippen LogP contribution in [0, 0.1) is 6.92 Å². The van der Waals surface area contributed by atoms with Gasteiger partial charge in [0.1, 0.15) is 17.9 Å². The van der Waals surface area contributed by atoms with Crippen LogP contribution in [0.15, 0.2) is 29.3 Å². The Labute approximate surface area is 120 Å². The van der Waals surface area contributed by atoms with Crippen molar-refractivity contribution < 1.29 is 4.74 Å². The Morgan fingerprint density at radius 2 is 2.16 bits per heavy atom. The van der Waals surface area contributed by atoms with Gasteiger partial charge in [-0.25, -0.2) is 9.97 Å². The van der Waals surface area contributed by atoms with Crippen molar-refractivity contribution in [2.24, 2.45) is 0 Å². The minimum absolute atomic E-state index is 0.536. The fourth-order valence-electron chi connectivity index (χ4n) is 1.52. The van der Waals surface area contributed by atoms with Crippen LogP contribution in [-0.4, -0.2) is 21.5 Å². The van der Waals surface area contributed by atoms with E-state index in [-0.39, 0.29) is 0 Å². The number of nitrogens with one attached hydrogen (secondary N) is 1. The van der Waals surface area contributed by atoms with E-state index in [1.807, 2.05) is 13.0 Å². The molecule has 0 aliphatic heterocycles. The molecule has 19 heavy (non-hydrogen) atoms. The first-order valence-corrected chi connectivity index (χ1v) is 6.84. The van der Waals surface area contributed by atoms with Crippen molar-refractivity contribution in [3.63, 3.8) is 0 Å². The second-order valence-electron chi connectivity index (χ2n) is 4.02. The Bertz CT molecular complexity index is 562. The highest BCUT2D eigenvalue weighted by atomic mass is 79.9. The molecule has 2 aromatic heterocycles. The molecule has 0 unspecified atom stereocenters. The average molecular weight is 323 g/mol. The molecule has 0 saturated carbocycles. The lowest BCUT2D eigenvalue weighted by atomic mass is 10.3. The van der Waals surface area contributed by atoms with Crippen molar-refractivity contribution in [2.75, 3.05) is 11.9 Å².